The van der Waals surface area contributed by atoms with Gasteiger partial charge in [-0.1, -0.05) is 0 Å². The van der Waals surface area contributed by atoms with Gasteiger partial charge in [-0.2, -0.15) is 0 Å². The Labute approximate surface area is 125 Å². The second-order valence-electron chi connectivity index (χ2n) is 5.78. The van der Waals surface area contributed by atoms with E-state index in [0.29, 0.717) is 0 Å². The third kappa shape index (κ3) is 3.69. The highest BCUT2D eigenvalue weighted by molar-refractivity contribution is 7.15. The van der Waals surface area contributed by atoms with E-state index in [1.54, 1.807) is 11.3 Å². The number of aliphatic hydroxyl groups excluding tert-OH is 1. The van der Waals surface area contributed by atoms with E-state index in [2.05, 4.69) is 17.2 Å². The van der Waals surface area contributed by atoms with Gasteiger partial charge in [0, 0.05) is 50.7 Å². The van der Waals surface area contributed by atoms with Gasteiger partial charge in [-0.3, -0.25) is 0 Å². The first-order valence-electron chi connectivity index (χ1n) is 7.09. The van der Waals surface area contributed by atoms with Crippen LogP contribution in [0.1, 0.15) is 23.4 Å². The first-order chi connectivity index (χ1) is 9.56. The first-order valence-corrected chi connectivity index (χ1v) is 7.91. The number of aliphatic hydroxyl groups is 1. The van der Waals surface area contributed by atoms with E-state index >= 15 is 0 Å². The molecule has 5 nitrogen and oxygen atoms in total. The van der Waals surface area contributed by atoms with E-state index in [0.717, 1.165) is 50.0 Å². The van der Waals surface area contributed by atoms with Crippen molar-refractivity contribution in [2.75, 3.05) is 45.4 Å². The Kier molecular flexibility index (Phi) is 5.37. The number of nitrogens with one attached hydrogen (secondary N) is 1. The summed E-state index contributed by atoms with van der Waals surface area (Å²) in [5.74, 6) is 0. The van der Waals surface area contributed by atoms with Crippen LogP contribution in [0, 0.1) is 12.3 Å². The summed E-state index contributed by atoms with van der Waals surface area (Å²) >= 11 is 1.73. The van der Waals surface area contributed by atoms with Crippen molar-refractivity contribution >= 4 is 16.5 Å². The Morgan fingerprint density at radius 2 is 2.30 bits per heavy atom. The molecule has 1 aliphatic heterocycles. The molecule has 1 atom stereocenters. The number of nitrogens with zero attached hydrogens (tertiary/aromatic N) is 2. The summed E-state index contributed by atoms with van der Waals surface area (Å²) in [4.78, 5) is 7.88. The third-order valence-electron chi connectivity index (χ3n) is 3.88. The molecule has 1 saturated heterocycles. The Morgan fingerprint density at radius 3 is 2.85 bits per heavy atom. The molecule has 20 heavy (non-hydrogen) atoms. The topological polar surface area (TPSA) is 57.6 Å². The maximum absolute atomic E-state index is 9.22. The van der Waals surface area contributed by atoms with Gasteiger partial charge in [-0.05, 0) is 19.8 Å². The Morgan fingerprint density at radius 1 is 1.50 bits per heavy atom. The molecule has 0 amide bonds. The second kappa shape index (κ2) is 6.85. The average molecular weight is 299 g/mol. The third-order valence-corrected chi connectivity index (χ3v) is 5.20. The van der Waals surface area contributed by atoms with Crippen LogP contribution in [0.3, 0.4) is 0 Å². The molecule has 1 fully saturated rings. The number of hydrogen-bond acceptors (Lipinski definition) is 6. The summed E-state index contributed by atoms with van der Waals surface area (Å²) in [6, 6.07) is 0. The molecule has 114 valence electrons. The molecular formula is C14H25N3O2S. The second-order valence-corrected chi connectivity index (χ2v) is 6.84. The smallest absolute Gasteiger partial charge is 0.185 e. The van der Waals surface area contributed by atoms with Gasteiger partial charge in [-0.15, -0.1) is 11.3 Å². The number of hydrogen-bond donors (Lipinski definition) is 2. The van der Waals surface area contributed by atoms with Crippen LogP contribution in [0.15, 0.2) is 0 Å². The average Bonchev–Trinajstić information content (AvgIpc) is 2.99. The van der Waals surface area contributed by atoms with E-state index < -0.39 is 0 Å². The van der Waals surface area contributed by atoms with Crippen molar-refractivity contribution < 1.29 is 9.84 Å². The fourth-order valence-electron chi connectivity index (χ4n) is 2.52. The molecule has 1 aromatic rings. The van der Waals surface area contributed by atoms with Crippen LogP contribution in [0.5, 0.6) is 0 Å². The minimum atomic E-state index is 0.109. The van der Waals surface area contributed by atoms with Gasteiger partial charge in [-0.25, -0.2) is 4.98 Å². The van der Waals surface area contributed by atoms with Gasteiger partial charge in [0.15, 0.2) is 5.13 Å². The number of rotatable bonds is 7. The standard InChI is InChI=1S/C14H25N3O2S/c1-11-12(20-13(16-11)17(2)3)8-15-9-14(4-6-18)5-7-19-10-14/h15,18H,4-10H2,1-3H3. The van der Waals surface area contributed by atoms with Gasteiger partial charge < -0.3 is 20.1 Å². The minimum absolute atomic E-state index is 0.109. The molecule has 0 spiro atoms. The highest BCUT2D eigenvalue weighted by Crippen LogP contribution is 2.32. The normalized spacial score (nSPS) is 22.4. The van der Waals surface area contributed by atoms with Gasteiger partial charge in [0.1, 0.15) is 0 Å². The summed E-state index contributed by atoms with van der Waals surface area (Å²) in [6.07, 6.45) is 1.84. The Balaban J connectivity index is 1.88. The van der Waals surface area contributed by atoms with Crippen molar-refractivity contribution in [2.24, 2.45) is 5.41 Å². The van der Waals surface area contributed by atoms with Gasteiger partial charge in [0.05, 0.1) is 12.3 Å². The lowest BCUT2D eigenvalue weighted by Gasteiger charge is -2.26. The summed E-state index contributed by atoms with van der Waals surface area (Å²) in [7, 11) is 4.03. The molecule has 1 unspecified atom stereocenters. The van der Waals surface area contributed by atoms with Crippen molar-refractivity contribution in [1.29, 1.82) is 0 Å². The Bertz CT molecular complexity index is 428. The molecule has 1 aliphatic rings. The Hall–Kier alpha value is -0.690. The summed E-state index contributed by atoms with van der Waals surface area (Å²) in [5.41, 5.74) is 1.21. The number of ether oxygens (including phenoxy) is 1. The summed E-state index contributed by atoms with van der Waals surface area (Å²) < 4.78 is 5.51. The molecule has 0 radical (unpaired) electrons. The number of aromatic nitrogens is 1. The van der Waals surface area contributed by atoms with Crippen molar-refractivity contribution in [3.63, 3.8) is 0 Å². The lowest BCUT2D eigenvalue weighted by Crippen LogP contribution is -2.35. The highest BCUT2D eigenvalue weighted by atomic mass is 32.1. The highest BCUT2D eigenvalue weighted by Gasteiger charge is 2.33. The summed E-state index contributed by atoms with van der Waals surface area (Å²) in [5, 5.41) is 13.8. The lowest BCUT2D eigenvalue weighted by molar-refractivity contribution is 0.124. The lowest BCUT2D eigenvalue weighted by atomic mass is 9.84. The van der Waals surface area contributed by atoms with Crippen molar-refractivity contribution in [3.8, 4) is 0 Å². The number of anilines is 1. The van der Waals surface area contributed by atoms with Crippen LogP contribution in [-0.4, -0.2) is 50.6 Å². The van der Waals surface area contributed by atoms with Crippen molar-refractivity contribution in [1.82, 2.24) is 10.3 Å². The van der Waals surface area contributed by atoms with Crippen molar-refractivity contribution in [3.05, 3.63) is 10.6 Å². The molecule has 0 aliphatic carbocycles. The molecule has 2 N–H and O–H groups in total. The molecule has 0 bridgehead atoms. The maximum atomic E-state index is 9.22. The largest absolute Gasteiger partial charge is 0.396 e. The molecule has 0 aromatic carbocycles. The maximum Gasteiger partial charge on any atom is 0.185 e. The van der Waals surface area contributed by atoms with E-state index in [4.69, 9.17) is 4.74 Å². The minimum Gasteiger partial charge on any atom is -0.396 e. The fourth-order valence-corrected chi connectivity index (χ4v) is 3.47. The molecule has 2 heterocycles. The van der Waals surface area contributed by atoms with Crippen LogP contribution in [0.25, 0.3) is 0 Å². The SMILES string of the molecule is Cc1nc(N(C)C)sc1CNCC1(CCO)CCOC1. The number of aryl methyl sites for hydroxylation is 1. The van der Waals surface area contributed by atoms with E-state index in [9.17, 15) is 5.11 Å². The van der Waals surface area contributed by atoms with Crippen LogP contribution in [0.4, 0.5) is 5.13 Å². The molecule has 0 saturated carbocycles. The zero-order valence-corrected chi connectivity index (χ0v) is 13.4. The van der Waals surface area contributed by atoms with Crippen LogP contribution in [0.2, 0.25) is 0 Å². The molecular weight excluding hydrogens is 274 g/mol. The van der Waals surface area contributed by atoms with Gasteiger partial charge in [0.2, 0.25) is 0 Å². The first kappa shape index (κ1) is 15.7. The van der Waals surface area contributed by atoms with E-state index in [-0.39, 0.29) is 12.0 Å². The van der Waals surface area contributed by atoms with E-state index in [1.165, 1.54) is 4.88 Å². The monoisotopic (exact) mass is 299 g/mol. The van der Waals surface area contributed by atoms with Crippen LogP contribution >= 0.6 is 11.3 Å². The van der Waals surface area contributed by atoms with Gasteiger partial charge in [0.25, 0.3) is 0 Å². The fraction of sp³-hybridized carbons (Fsp3) is 0.786. The van der Waals surface area contributed by atoms with Crippen LogP contribution in [-0.2, 0) is 11.3 Å². The zero-order valence-electron chi connectivity index (χ0n) is 12.6. The predicted octanol–water partition coefficient (Wildman–Crippen LogP) is 1.40. The quantitative estimate of drug-likeness (QED) is 0.797. The molecule has 6 heteroatoms. The van der Waals surface area contributed by atoms with Crippen LogP contribution < -0.4 is 10.2 Å². The van der Waals surface area contributed by atoms with Crippen molar-refractivity contribution in [2.45, 2.75) is 26.3 Å². The van der Waals surface area contributed by atoms with E-state index in [1.807, 2.05) is 19.0 Å². The summed E-state index contributed by atoms with van der Waals surface area (Å²) in [6.45, 7) is 5.59. The predicted molar refractivity (Wildman–Crippen MR) is 82.5 cm³/mol. The number of thiazole rings is 1. The molecule has 1 aromatic heterocycles. The zero-order chi connectivity index (χ0) is 14.6. The molecule has 2 rings (SSSR count). The van der Waals surface area contributed by atoms with Gasteiger partial charge >= 0.3 is 0 Å².